The molecule has 0 aromatic heterocycles. The summed E-state index contributed by atoms with van der Waals surface area (Å²) in [5, 5.41) is 2.57. The van der Waals surface area contributed by atoms with Gasteiger partial charge in [0.15, 0.2) is 0 Å². The van der Waals surface area contributed by atoms with Gasteiger partial charge in [0.25, 0.3) is 0 Å². The Morgan fingerprint density at radius 1 is 1.12 bits per heavy atom. The van der Waals surface area contributed by atoms with Gasteiger partial charge in [-0.25, -0.2) is 9.59 Å². The summed E-state index contributed by atoms with van der Waals surface area (Å²) in [6.45, 7) is 5.61. The van der Waals surface area contributed by atoms with Gasteiger partial charge < -0.3 is 14.8 Å². The van der Waals surface area contributed by atoms with E-state index in [9.17, 15) is 9.59 Å². The molecule has 0 spiro atoms. The molecule has 140 valence electrons. The molecule has 1 aliphatic heterocycles. The molecule has 1 saturated carbocycles. The molecule has 2 aliphatic rings. The van der Waals surface area contributed by atoms with Gasteiger partial charge in [0.2, 0.25) is 0 Å². The Labute approximate surface area is 158 Å². The predicted molar refractivity (Wildman–Crippen MR) is 97.3 cm³/mol. The lowest BCUT2D eigenvalue weighted by Gasteiger charge is -2.40. The Bertz CT molecular complexity index is 614. The standard InChI is InChI=1S/C18H25Cl2NO4/c1-5-25-18(23)14-10(3)21-9(2)13(17(22)24-4)15(14)11-7-6-8-12(19)16(11)20/h11-12,15-16,21H,5-8H2,1-4H3. The summed E-state index contributed by atoms with van der Waals surface area (Å²) in [5.74, 6) is -1.54. The minimum atomic E-state index is -0.489. The smallest absolute Gasteiger partial charge is 0.336 e. The van der Waals surface area contributed by atoms with Crippen LogP contribution in [0.15, 0.2) is 22.5 Å². The number of esters is 2. The van der Waals surface area contributed by atoms with Gasteiger partial charge in [-0.1, -0.05) is 6.42 Å². The molecule has 0 aromatic carbocycles. The molecule has 0 saturated heterocycles. The molecule has 2 rings (SSSR count). The largest absolute Gasteiger partial charge is 0.466 e. The molecule has 1 fully saturated rings. The van der Waals surface area contributed by atoms with Crippen LogP contribution in [0.1, 0.15) is 40.0 Å². The van der Waals surface area contributed by atoms with E-state index < -0.39 is 17.9 Å². The first-order valence-electron chi connectivity index (χ1n) is 8.55. The van der Waals surface area contributed by atoms with E-state index in [1.54, 1.807) is 20.8 Å². The molecule has 4 unspecified atom stereocenters. The van der Waals surface area contributed by atoms with Crippen LogP contribution in [-0.2, 0) is 19.1 Å². The van der Waals surface area contributed by atoms with E-state index in [2.05, 4.69) is 5.32 Å². The maximum Gasteiger partial charge on any atom is 0.336 e. The number of hydrogen-bond donors (Lipinski definition) is 1. The van der Waals surface area contributed by atoms with Crippen molar-refractivity contribution in [1.29, 1.82) is 0 Å². The van der Waals surface area contributed by atoms with E-state index in [4.69, 9.17) is 32.7 Å². The van der Waals surface area contributed by atoms with Crippen LogP contribution in [-0.4, -0.2) is 36.4 Å². The van der Waals surface area contributed by atoms with E-state index in [1.165, 1.54) is 7.11 Å². The van der Waals surface area contributed by atoms with Crippen molar-refractivity contribution in [1.82, 2.24) is 5.32 Å². The average molecular weight is 390 g/mol. The number of allylic oxidation sites excluding steroid dienone is 2. The molecule has 7 heteroatoms. The number of alkyl halides is 2. The summed E-state index contributed by atoms with van der Waals surface area (Å²) < 4.78 is 10.2. The fraction of sp³-hybridized carbons (Fsp3) is 0.667. The van der Waals surface area contributed by atoms with Gasteiger partial charge in [-0.15, -0.1) is 23.2 Å². The molecule has 0 aromatic rings. The Hall–Kier alpha value is -1.20. The third kappa shape index (κ3) is 3.98. The van der Waals surface area contributed by atoms with Gasteiger partial charge >= 0.3 is 11.9 Å². The Morgan fingerprint density at radius 2 is 1.72 bits per heavy atom. The van der Waals surface area contributed by atoms with Crippen LogP contribution < -0.4 is 5.32 Å². The molecular formula is C18H25Cl2NO4. The van der Waals surface area contributed by atoms with Crippen LogP contribution in [0.4, 0.5) is 0 Å². The van der Waals surface area contributed by atoms with Gasteiger partial charge in [-0.2, -0.15) is 0 Å². The van der Waals surface area contributed by atoms with Crippen molar-refractivity contribution in [3.05, 3.63) is 22.5 Å². The summed E-state index contributed by atoms with van der Waals surface area (Å²) >= 11 is 13.0. The first kappa shape index (κ1) is 20.1. The molecular weight excluding hydrogens is 365 g/mol. The quantitative estimate of drug-likeness (QED) is 0.588. The first-order valence-corrected chi connectivity index (χ1v) is 9.42. The first-order chi connectivity index (χ1) is 11.8. The monoisotopic (exact) mass is 389 g/mol. The van der Waals surface area contributed by atoms with Crippen LogP contribution in [0, 0.1) is 11.8 Å². The van der Waals surface area contributed by atoms with Crippen LogP contribution >= 0.6 is 23.2 Å². The zero-order valence-electron chi connectivity index (χ0n) is 15.0. The topological polar surface area (TPSA) is 64.6 Å². The molecule has 5 nitrogen and oxygen atoms in total. The minimum absolute atomic E-state index is 0.140. The number of hydrogen-bond acceptors (Lipinski definition) is 5. The summed E-state index contributed by atoms with van der Waals surface area (Å²) in [5.41, 5.74) is 2.21. The van der Waals surface area contributed by atoms with E-state index in [0.717, 1.165) is 19.3 Å². The summed E-state index contributed by atoms with van der Waals surface area (Å²) in [7, 11) is 1.33. The number of rotatable bonds is 4. The van der Waals surface area contributed by atoms with Crippen LogP contribution in [0.3, 0.4) is 0 Å². The summed E-state index contributed by atoms with van der Waals surface area (Å²) in [6.07, 6.45) is 2.51. The van der Waals surface area contributed by atoms with Crippen molar-refractivity contribution in [2.24, 2.45) is 11.8 Å². The highest BCUT2D eigenvalue weighted by atomic mass is 35.5. The Balaban J connectivity index is 2.55. The number of nitrogens with one attached hydrogen (secondary N) is 1. The van der Waals surface area contributed by atoms with Crippen LogP contribution in [0.5, 0.6) is 0 Å². The number of methoxy groups -OCH3 is 1. The van der Waals surface area contributed by atoms with Gasteiger partial charge in [0, 0.05) is 17.3 Å². The zero-order chi connectivity index (χ0) is 18.7. The fourth-order valence-corrected chi connectivity index (χ4v) is 4.56. The second-order valence-corrected chi connectivity index (χ2v) is 7.51. The van der Waals surface area contributed by atoms with E-state index in [1.807, 2.05) is 0 Å². The van der Waals surface area contributed by atoms with Crippen molar-refractivity contribution in [2.75, 3.05) is 13.7 Å². The highest BCUT2D eigenvalue weighted by Crippen LogP contribution is 2.45. The molecule has 1 aliphatic carbocycles. The predicted octanol–water partition coefficient (Wildman–Crippen LogP) is 3.50. The van der Waals surface area contributed by atoms with Gasteiger partial charge in [-0.05, 0) is 39.5 Å². The second-order valence-electron chi connectivity index (χ2n) is 6.45. The van der Waals surface area contributed by atoms with Crippen molar-refractivity contribution < 1.29 is 19.1 Å². The van der Waals surface area contributed by atoms with Crippen molar-refractivity contribution in [3.63, 3.8) is 0 Å². The maximum atomic E-state index is 12.6. The minimum Gasteiger partial charge on any atom is -0.466 e. The number of halogens is 2. The molecule has 0 radical (unpaired) electrons. The maximum absolute atomic E-state index is 12.6. The molecule has 1 N–H and O–H groups in total. The number of carbonyl (C=O) groups excluding carboxylic acids is 2. The molecule has 1 heterocycles. The Kier molecular flexibility index (Phi) is 6.80. The normalized spacial score (nSPS) is 30.0. The lowest BCUT2D eigenvalue weighted by molar-refractivity contribution is -0.139. The lowest BCUT2D eigenvalue weighted by Crippen LogP contribution is -2.43. The van der Waals surface area contributed by atoms with Gasteiger partial charge in [0.1, 0.15) is 0 Å². The fourth-order valence-electron chi connectivity index (χ4n) is 3.82. The number of ether oxygens (including phenoxy) is 2. The highest BCUT2D eigenvalue weighted by Gasteiger charge is 2.46. The second kappa shape index (κ2) is 8.45. The zero-order valence-corrected chi connectivity index (χ0v) is 16.5. The summed E-state index contributed by atoms with van der Waals surface area (Å²) in [4.78, 5) is 25.1. The van der Waals surface area contributed by atoms with Gasteiger partial charge in [0.05, 0.1) is 35.6 Å². The van der Waals surface area contributed by atoms with Crippen LogP contribution in [0.2, 0.25) is 0 Å². The Morgan fingerprint density at radius 3 is 2.28 bits per heavy atom. The molecule has 4 atom stereocenters. The van der Waals surface area contributed by atoms with E-state index in [-0.39, 0.29) is 23.3 Å². The third-order valence-corrected chi connectivity index (χ3v) is 6.15. The highest BCUT2D eigenvalue weighted by molar-refractivity contribution is 6.30. The summed E-state index contributed by atoms with van der Waals surface area (Å²) in [6, 6.07) is 0. The van der Waals surface area contributed by atoms with Crippen molar-refractivity contribution in [3.8, 4) is 0 Å². The number of dihydropyridines is 1. The van der Waals surface area contributed by atoms with E-state index in [0.29, 0.717) is 22.5 Å². The lowest BCUT2D eigenvalue weighted by atomic mass is 9.70. The number of carbonyl (C=O) groups is 2. The third-order valence-electron chi connectivity index (χ3n) is 4.91. The van der Waals surface area contributed by atoms with Crippen molar-refractivity contribution in [2.45, 2.75) is 50.8 Å². The molecule has 25 heavy (non-hydrogen) atoms. The van der Waals surface area contributed by atoms with Crippen LogP contribution in [0.25, 0.3) is 0 Å². The van der Waals surface area contributed by atoms with E-state index >= 15 is 0 Å². The average Bonchev–Trinajstić information content (AvgIpc) is 2.56. The molecule has 0 bridgehead atoms. The SMILES string of the molecule is CCOC(=O)C1=C(C)NC(C)=C(C(=O)OC)C1C1CCCC(Cl)C1Cl. The molecule has 0 amide bonds. The van der Waals surface area contributed by atoms with Gasteiger partial charge in [-0.3, -0.25) is 0 Å². The van der Waals surface area contributed by atoms with Crippen molar-refractivity contribution >= 4 is 35.1 Å².